The Morgan fingerprint density at radius 2 is 1.93 bits per heavy atom. The summed E-state index contributed by atoms with van der Waals surface area (Å²) in [6, 6.07) is 0. The molecular formula is C8H18N2O4S. The lowest BCUT2D eigenvalue weighted by Crippen LogP contribution is -2.51. The molecule has 0 spiro atoms. The Hall–Kier alpha value is -0.660. The number of nitrogens with zero attached hydrogens (tertiary/aromatic N) is 1. The van der Waals surface area contributed by atoms with E-state index in [-0.39, 0.29) is 12.3 Å². The quantitative estimate of drug-likeness (QED) is 0.647. The molecule has 0 aliphatic rings. The van der Waals surface area contributed by atoms with Crippen LogP contribution in [0.3, 0.4) is 0 Å². The first-order valence-corrected chi connectivity index (χ1v) is 6.31. The number of nitrogens with two attached hydrogens (primary N) is 1. The van der Waals surface area contributed by atoms with Gasteiger partial charge in [-0.05, 0) is 20.4 Å². The second-order valence-corrected chi connectivity index (χ2v) is 5.54. The summed E-state index contributed by atoms with van der Waals surface area (Å²) in [5.74, 6) is -1.23. The van der Waals surface area contributed by atoms with E-state index in [1.54, 1.807) is 11.8 Å². The number of rotatable bonds is 6. The highest BCUT2D eigenvalue weighted by atomic mass is 32.2. The monoisotopic (exact) mass is 238 g/mol. The maximum absolute atomic E-state index is 10.9. The van der Waals surface area contributed by atoms with E-state index in [0.29, 0.717) is 6.54 Å². The highest BCUT2D eigenvalue weighted by Crippen LogP contribution is 2.13. The van der Waals surface area contributed by atoms with Crippen LogP contribution in [0.1, 0.15) is 20.8 Å². The second-order valence-electron chi connectivity index (χ2n) is 3.81. The summed E-state index contributed by atoms with van der Waals surface area (Å²) in [6.07, 6.45) is 0. The number of hydrogen-bond acceptors (Lipinski definition) is 4. The lowest BCUT2D eigenvalue weighted by Gasteiger charge is -2.33. The molecule has 0 amide bonds. The Morgan fingerprint density at radius 1 is 1.47 bits per heavy atom. The Kier molecular flexibility index (Phi) is 4.69. The van der Waals surface area contributed by atoms with Gasteiger partial charge in [-0.25, -0.2) is 13.6 Å². The van der Waals surface area contributed by atoms with Crippen molar-refractivity contribution >= 4 is 16.0 Å². The van der Waals surface area contributed by atoms with Crippen molar-refractivity contribution in [1.82, 2.24) is 4.90 Å². The van der Waals surface area contributed by atoms with Crippen LogP contribution in [0.5, 0.6) is 0 Å². The number of sulfonamides is 1. The van der Waals surface area contributed by atoms with Crippen molar-refractivity contribution in [2.45, 2.75) is 26.3 Å². The largest absolute Gasteiger partial charge is 0.480 e. The number of carboxylic acid groups (broad SMARTS) is 1. The molecule has 0 saturated carbocycles. The third-order valence-electron chi connectivity index (χ3n) is 2.34. The van der Waals surface area contributed by atoms with Crippen LogP contribution in [-0.2, 0) is 14.8 Å². The molecule has 0 aromatic carbocycles. The fourth-order valence-corrected chi connectivity index (χ4v) is 1.68. The Morgan fingerprint density at radius 3 is 2.20 bits per heavy atom. The average molecular weight is 238 g/mol. The summed E-state index contributed by atoms with van der Waals surface area (Å²) < 4.78 is 21.5. The Bertz CT molecular complexity index is 324. The van der Waals surface area contributed by atoms with E-state index in [1.807, 2.05) is 0 Å². The number of aliphatic carboxylic acids is 1. The van der Waals surface area contributed by atoms with E-state index in [0.717, 1.165) is 0 Å². The molecule has 6 nitrogen and oxygen atoms in total. The van der Waals surface area contributed by atoms with Crippen molar-refractivity contribution in [3.8, 4) is 0 Å². The molecule has 0 fully saturated rings. The summed E-state index contributed by atoms with van der Waals surface area (Å²) in [7, 11) is -3.55. The van der Waals surface area contributed by atoms with Gasteiger partial charge < -0.3 is 5.11 Å². The first-order valence-electron chi connectivity index (χ1n) is 4.60. The van der Waals surface area contributed by atoms with Gasteiger partial charge in [0.25, 0.3) is 0 Å². The van der Waals surface area contributed by atoms with E-state index >= 15 is 0 Å². The van der Waals surface area contributed by atoms with Gasteiger partial charge in [-0.15, -0.1) is 0 Å². The third-order valence-corrected chi connectivity index (χ3v) is 3.09. The zero-order valence-electron chi connectivity index (χ0n) is 9.23. The minimum Gasteiger partial charge on any atom is -0.480 e. The average Bonchev–Trinajstić information content (AvgIpc) is 2.02. The Labute approximate surface area is 90.1 Å². The maximum Gasteiger partial charge on any atom is 0.323 e. The maximum atomic E-state index is 10.9. The standard InChI is InChI=1S/C8H18N2O4S/c1-4-10(5-6-15(9,13)14)8(2,3)7(11)12/h4-6H2,1-3H3,(H,11,12)(H2,9,13,14). The van der Waals surface area contributed by atoms with Gasteiger partial charge >= 0.3 is 5.97 Å². The minimum absolute atomic E-state index is 0.120. The molecule has 7 heteroatoms. The molecule has 0 heterocycles. The molecule has 0 unspecified atom stereocenters. The van der Waals surface area contributed by atoms with Gasteiger partial charge in [0.15, 0.2) is 0 Å². The van der Waals surface area contributed by atoms with Crippen LogP contribution in [0.25, 0.3) is 0 Å². The van der Waals surface area contributed by atoms with Crippen molar-refractivity contribution in [3.63, 3.8) is 0 Å². The smallest absolute Gasteiger partial charge is 0.323 e. The van der Waals surface area contributed by atoms with E-state index in [2.05, 4.69) is 0 Å². The topological polar surface area (TPSA) is 101 Å². The molecule has 0 aliphatic heterocycles. The first kappa shape index (κ1) is 14.3. The van der Waals surface area contributed by atoms with Crippen molar-refractivity contribution in [2.75, 3.05) is 18.8 Å². The molecule has 0 rings (SSSR count). The van der Waals surface area contributed by atoms with E-state index < -0.39 is 21.5 Å². The summed E-state index contributed by atoms with van der Waals surface area (Å²) in [4.78, 5) is 12.5. The molecule has 15 heavy (non-hydrogen) atoms. The second kappa shape index (κ2) is 4.91. The first-order chi connectivity index (χ1) is 6.61. The van der Waals surface area contributed by atoms with Gasteiger partial charge in [0, 0.05) is 6.54 Å². The van der Waals surface area contributed by atoms with Gasteiger partial charge in [0.1, 0.15) is 5.54 Å². The van der Waals surface area contributed by atoms with E-state index in [4.69, 9.17) is 10.2 Å². The lowest BCUT2D eigenvalue weighted by atomic mass is 10.0. The number of primary sulfonamides is 1. The van der Waals surface area contributed by atoms with Crippen LogP contribution < -0.4 is 5.14 Å². The van der Waals surface area contributed by atoms with Crippen molar-refractivity contribution in [1.29, 1.82) is 0 Å². The summed E-state index contributed by atoms with van der Waals surface area (Å²) >= 11 is 0. The SMILES string of the molecule is CCN(CCS(N)(=O)=O)C(C)(C)C(=O)O. The molecular weight excluding hydrogens is 220 g/mol. The molecule has 0 radical (unpaired) electrons. The van der Waals surface area contributed by atoms with Gasteiger partial charge in [-0.3, -0.25) is 9.69 Å². The number of hydrogen-bond donors (Lipinski definition) is 2. The molecule has 0 saturated heterocycles. The fourth-order valence-electron chi connectivity index (χ4n) is 1.21. The zero-order valence-corrected chi connectivity index (χ0v) is 10.0. The molecule has 0 atom stereocenters. The van der Waals surface area contributed by atoms with Gasteiger partial charge in [0.2, 0.25) is 10.0 Å². The Balaban J connectivity index is 4.58. The molecule has 3 N–H and O–H groups in total. The van der Waals surface area contributed by atoms with Gasteiger partial charge in [0.05, 0.1) is 5.75 Å². The zero-order chi connectivity index (χ0) is 12.3. The molecule has 0 bridgehead atoms. The normalized spacial score (nSPS) is 13.1. The van der Waals surface area contributed by atoms with Crippen molar-refractivity contribution in [2.24, 2.45) is 5.14 Å². The summed E-state index contributed by atoms with van der Waals surface area (Å²) in [5.41, 5.74) is -1.08. The lowest BCUT2D eigenvalue weighted by molar-refractivity contribution is -0.149. The van der Waals surface area contributed by atoms with Crippen LogP contribution in [0.15, 0.2) is 0 Å². The highest BCUT2D eigenvalue weighted by Gasteiger charge is 2.33. The van der Waals surface area contributed by atoms with E-state index in [9.17, 15) is 13.2 Å². The van der Waals surface area contributed by atoms with Gasteiger partial charge in [-0.2, -0.15) is 0 Å². The molecule has 0 aromatic rings. The van der Waals surface area contributed by atoms with Crippen LogP contribution in [0.2, 0.25) is 0 Å². The highest BCUT2D eigenvalue weighted by molar-refractivity contribution is 7.89. The molecule has 0 aliphatic carbocycles. The van der Waals surface area contributed by atoms with Crippen LogP contribution >= 0.6 is 0 Å². The van der Waals surface area contributed by atoms with Crippen LogP contribution in [0, 0.1) is 0 Å². The molecule has 0 aromatic heterocycles. The van der Waals surface area contributed by atoms with Gasteiger partial charge in [-0.1, -0.05) is 6.92 Å². The number of likely N-dealkylation sites (N-methyl/N-ethyl adjacent to an activating group) is 1. The van der Waals surface area contributed by atoms with E-state index in [1.165, 1.54) is 13.8 Å². The number of carbonyl (C=O) groups is 1. The van der Waals surface area contributed by atoms with Crippen LogP contribution in [0.4, 0.5) is 0 Å². The third kappa shape index (κ3) is 4.59. The predicted octanol–water partition coefficient (Wildman–Crippen LogP) is -0.540. The number of carboxylic acids is 1. The molecule has 90 valence electrons. The summed E-state index contributed by atoms with van der Waals surface area (Å²) in [5, 5.41) is 13.8. The summed E-state index contributed by atoms with van der Waals surface area (Å²) in [6.45, 7) is 5.40. The fraction of sp³-hybridized carbons (Fsp3) is 0.875. The van der Waals surface area contributed by atoms with Crippen molar-refractivity contribution < 1.29 is 18.3 Å². The van der Waals surface area contributed by atoms with Crippen LogP contribution in [-0.4, -0.2) is 48.8 Å². The predicted molar refractivity (Wildman–Crippen MR) is 56.9 cm³/mol. The van der Waals surface area contributed by atoms with Crippen molar-refractivity contribution in [3.05, 3.63) is 0 Å². The minimum atomic E-state index is -3.55.